The largest absolute Gasteiger partial charge is 0.368 e. The van der Waals surface area contributed by atoms with Gasteiger partial charge in [0.25, 0.3) is 0 Å². The molecule has 1 aliphatic heterocycles. The number of halogens is 2. The first kappa shape index (κ1) is 20.5. The molecular formula is C23H29Cl2NSi. The predicted octanol–water partition coefficient (Wildman–Crippen LogP) is 7.50. The number of rotatable bonds is 2. The van der Waals surface area contributed by atoms with Crippen LogP contribution in [0.4, 0.5) is 0 Å². The number of benzene rings is 2. The number of allylic oxidation sites excluding steroid dienone is 1. The second-order valence-corrected chi connectivity index (χ2v) is 15.6. The van der Waals surface area contributed by atoms with Crippen LogP contribution in [0.1, 0.15) is 52.7 Å². The van der Waals surface area contributed by atoms with E-state index < -0.39 is 6.86 Å². The number of hydrogen-bond acceptors (Lipinski definition) is 1. The molecular weight excluding hydrogens is 389 g/mol. The van der Waals surface area contributed by atoms with Gasteiger partial charge in [-0.3, -0.25) is 0 Å². The van der Waals surface area contributed by atoms with Crippen molar-refractivity contribution in [3.8, 4) is 0 Å². The molecule has 1 nitrogen and oxygen atoms in total. The van der Waals surface area contributed by atoms with Crippen molar-refractivity contribution in [2.75, 3.05) is 0 Å². The highest BCUT2D eigenvalue weighted by Gasteiger charge is 2.61. The average Bonchev–Trinajstić information content (AvgIpc) is 2.84. The second kappa shape index (κ2) is 6.99. The fourth-order valence-corrected chi connectivity index (χ4v) is 12.3. The fourth-order valence-electron chi connectivity index (χ4n) is 4.25. The lowest BCUT2D eigenvalue weighted by molar-refractivity contribution is 0.333. The maximum absolute atomic E-state index is 7.35. The molecule has 1 unspecified atom stereocenters. The molecule has 2 aromatic carbocycles. The summed E-state index contributed by atoms with van der Waals surface area (Å²) in [7, 11) is 0. The molecule has 0 N–H and O–H groups in total. The third-order valence-electron chi connectivity index (χ3n) is 5.08. The molecule has 0 aromatic heterocycles. The summed E-state index contributed by atoms with van der Waals surface area (Å²) in [5, 5.41) is 0. The topological polar surface area (TPSA) is 3.24 Å². The summed E-state index contributed by atoms with van der Waals surface area (Å²) in [6.07, 6.45) is 0. The van der Waals surface area contributed by atoms with Gasteiger partial charge in [-0.25, -0.2) is 0 Å². The van der Waals surface area contributed by atoms with E-state index >= 15 is 0 Å². The highest BCUT2D eigenvalue weighted by molar-refractivity contribution is 7.46. The van der Waals surface area contributed by atoms with Gasteiger partial charge in [-0.15, -0.1) is 22.2 Å². The lowest BCUT2D eigenvalue weighted by Crippen LogP contribution is -2.54. The summed E-state index contributed by atoms with van der Waals surface area (Å²) < 4.78 is 2.34. The molecule has 0 saturated carbocycles. The van der Waals surface area contributed by atoms with E-state index in [4.69, 9.17) is 22.2 Å². The van der Waals surface area contributed by atoms with Crippen LogP contribution in [-0.2, 0) is 0 Å². The Morgan fingerprint density at radius 3 is 1.59 bits per heavy atom. The standard InChI is InChI=1S/C23H29Cl2NSi/c1-22(2,3)21-19(17-13-9-7-10-14-17)20(18-15-11-8-12-16-18)26(23(4,5)6)27(21,24)25/h7-16,21H,1-6H3. The highest BCUT2D eigenvalue weighted by atomic mass is 35.7. The molecule has 0 amide bonds. The number of hydrogen-bond donors (Lipinski definition) is 0. The summed E-state index contributed by atoms with van der Waals surface area (Å²) in [6, 6.07) is 21.2. The molecule has 144 valence electrons. The van der Waals surface area contributed by atoms with Gasteiger partial charge in [-0.2, -0.15) is 0 Å². The van der Waals surface area contributed by atoms with Crippen molar-refractivity contribution in [3.05, 3.63) is 71.8 Å². The molecule has 2 aromatic rings. The van der Waals surface area contributed by atoms with Crippen LogP contribution in [0.25, 0.3) is 11.3 Å². The van der Waals surface area contributed by atoms with Crippen molar-refractivity contribution in [3.63, 3.8) is 0 Å². The van der Waals surface area contributed by atoms with Gasteiger partial charge in [0.1, 0.15) is 0 Å². The Morgan fingerprint density at radius 1 is 0.741 bits per heavy atom. The first-order valence-electron chi connectivity index (χ1n) is 9.49. The van der Waals surface area contributed by atoms with E-state index in [2.05, 4.69) is 107 Å². The van der Waals surface area contributed by atoms with Gasteiger partial charge < -0.3 is 4.57 Å². The Labute approximate surface area is 174 Å². The molecule has 3 rings (SSSR count). The van der Waals surface area contributed by atoms with Crippen molar-refractivity contribution in [2.24, 2.45) is 5.41 Å². The monoisotopic (exact) mass is 417 g/mol. The molecule has 0 spiro atoms. The van der Waals surface area contributed by atoms with Gasteiger partial charge in [0.15, 0.2) is 0 Å². The molecule has 0 saturated heterocycles. The summed E-state index contributed by atoms with van der Waals surface area (Å²) in [6.45, 7) is 10.5. The third kappa shape index (κ3) is 3.72. The highest BCUT2D eigenvalue weighted by Crippen LogP contribution is 2.63. The van der Waals surface area contributed by atoms with E-state index in [-0.39, 0.29) is 16.5 Å². The van der Waals surface area contributed by atoms with Crippen molar-refractivity contribution >= 4 is 40.3 Å². The van der Waals surface area contributed by atoms with Gasteiger partial charge in [0, 0.05) is 16.8 Å². The molecule has 0 aliphatic carbocycles. The second-order valence-electron chi connectivity index (χ2n) is 9.39. The van der Waals surface area contributed by atoms with Crippen LogP contribution in [0, 0.1) is 5.41 Å². The first-order valence-corrected chi connectivity index (χ1v) is 13.5. The van der Waals surface area contributed by atoms with Gasteiger partial charge in [-0.1, -0.05) is 81.4 Å². The van der Waals surface area contributed by atoms with Crippen molar-refractivity contribution in [1.82, 2.24) is 4.57 Å². The molecule has 0 radical (unpaired) electrons. The third-order valence-corrected chi connectivity index (χ3v) is 10.7. The van der Waals surface area contributed by atoms with Gasteiger partial charge >= 0.3 is 6.86 Å². The Morgan fingerprint density at radius 2 is 1.19 bits per heavy atom. The van der Waals surface area contributed by atoms with E-state index in [0.717, 1.165) is 0 Å². The Kier molecular flexibility index (Phi) is 5.31. The van der Waals surface area contributed by atoms with Crippen molar-refractivity contribution in [1.29, 1.82) is 0 Å². The quantitative estimate of drug-likeness (QED) is 0.360. The van der Waals surface area contributed by atoms with Crippen LogP contribution in [0.2, 0.25) is 5.54 Å². The lowest BCUT2D eigenvalue weighted by Gasteiger charge is -2.45. The molecule has 4 heteroatoms. The van der Waals surface area contributed by atoms with Crippen LogP contribution in [0.3, 0.4) is 0 Å². The predicted molar refractivity (Wildman–Crippen MR) is 122 cm³/mol. The fraction of sp³-hybridized carbons (Fsp3) is 0.391. The number of nitrogens with zero attached hydrogens (tertiary/aromatic N) is 1. The molecule has 1 heterocycles. The van der Waals surface area contributed by atoms with Crippen LogP contribution in [0.5, 0.6) is 0 Å². The molecule has 1 atom stereocenters. The zero-order valence-corrected chi connectivity index (χ0v) is 19.6. The zero-order valence-electron chi connectivity index (χ0n) is 17.1. The summed E-state index contributed by atoms with van der Waals surface area (Å²) in [5.41, 5.74) is 4.70. The van der Waals surface area contributed by atoms with Crippen LogP contribution < -0.4 is 0 Å². The van der Waals surface area contributed by atoms with E-state index in [9.17, 15) is 0 Å². The van der Waals surface area contributed by atoms with E-state index in [0.29, 0.717) is 0 Å². The normalized spacial score (nSPS) is 20.3. The summed E-state index contributed by atoms with van der Waals surface area (Å²) >= 11 is 14.7. The van der Waals surface area contributed by atoms with Crippen LogP contribution in [-0.4, -0.2) is 17.0 Å². The Balaban J connectivity index is 2.42. The van der Waals surface area contributed by atoms with Crippen LogP contribution >= 0.6 is 22.2 Å². The molecule has 27 heavy (non-hydrogen) atoms. The SMILES string of the molecule is CC(C)(C)C1C(c2ccccc2)=C(c2ccccc2)N(C(C)(C)C)[Si]1(Cl)Cl. The first-order chi connectivity index (χ1) is 12.5. The zero-order chi connectivity index (χ0) is 20.0. The van der Waals surface area contributed by atoms with E-state index in [1.165, 1.54) is 22.4 Å². The Bertz CT molecular complexity index is 761. The summed E-state index contributed by atoms with van der Waals surface area (Å²) in [5.74, 6) is 0. The maximum Gasteiger partial charge on any atom is 0.361 e. The molecule has 0 fully saturated rings. The van der Waals surface area contributed by atoms with E-state index in [1.54, 1.807) is 0 Å². The average molecular weight is 418 g/mol. The smallest absolute Gasteiger partial charge is 0.361 e. The van der Waals surface area contributed by atoms with Crippen molar-refractivity contribution in [2.45, 2.75) is 52.6 Å². The van der Waals surface area contributed by atoms with Crippen LogP contribution in [0.15, 0.2) is 60.7 Å². The van der Waals surface area contributed by atoms with Gasteiger partial charge in [0.05, 0.1) is 0 Å². The minimum Gasteiger partial charge on any atom is -0.368 e. The van der Waals surface area contributed by atoms with Crippen molar-refractivity contribution < 1.29 is 0 Å². The summed E-state index contributed by atoms with van der Waals surface area (Å²) in [4.78, 5) is 0. The van der Waals surface area contributed by atoms with E-state index in [1.807, 2.05) is 0 Å². The maximum atomic E-state index is 7.35. The Hall–Kier alpha value is -1.22. The molecule has 0 bridgehead atoms. The minimum absolute atomic E-state index is 0.0546. The lowest BCUT2D eigenvalue weighted by atomic mass is 9.82. The molecule has 1 aliphatic rings. The van der Waals surface area contributed by atoms with Gasteiger partial charge in [0.2, 0.25) is 0 Å². The van der Waals surface area contributed by atoms with Gasteiger partial charge in [-0.05, 0) is 42.9 Å². The minimum atomic E-state index is -2.86.